The van der Waals surface area contributed by atoms with Crippen molar-refractivity contribution in [1.82, 2.24) is 13.9 Å². The summed E-state index contributed by atoms with van der Waals surface area (Å²) in [5, 5.41) is 3.27. The number of carbonyl (C=O) groups is 1. The van der Waals surface area contributed by atoms with Gasteiger partial charge in [0.05, 0.1) is 10.1 Å². The fourth-order valence-corrected chi connectivity index (χ4v) is 6.12. The number of thioether (sulfide) groups is 1. The molecule has 1 aliphatic rings. The molecule has 4 rings (SSSR count). The lowest BCUT2D eigenvalue weighted by molar-refractivity contribution is -0.115. The lowest BCUT2D eigenvalue weighted by Crippen LogP contribution is -2.35. The van der Waals surface area contributed by atoms with Gasteiger partial charge in [-0.15, -0.1) is 0 Å². The average molecular weight is 485 g/mol. The molecule has 0 bridgehead atoms. The molecule has 0 aliphatic carbocycles. The SMILES string of the molecule is CC(Sc1nccn1Cc1ccccc1)C(=O)Nc1ccc(S(=O)(=O)N2CCCCC2)cc1. The fourth-order valence-electron chi connectivity index (χ4n) is 3.73. The quantitative estimate of drug-likeness (QED) is 0.484. The number of amides is 1. The highest BCUT2D eigenvalue weighted by molar-refractivity contribution is 8.00. The molecular formula is C24H28N4O3S2. The van der Waals surface area contributed by atoms with Crippen LogP contribution in [0.2, 0.25) is 0 Å². The van der Waals surface area contributed by atoms with Crippen LogP contribution in [0.1, 0.15) is 31.7 Å². The van der Waals surface area contributed by atoms with Crippen molar-refractivity contribution in [3.05, 3.63) is 72.6 Å². The van der Waals surface area contributed by atoms with Crippen molar-refractivity contribution >= 4 is 33.4 Å². The first kappa shape index (κ1) is 23.5. The zero-order valence-electron chi connectivity index (χ0n) is 18.6. The van der Waals surface area contributed by atoms with Crippen molar-refractivity contribution in [3.63, 3.8) is 0 Å². The molecule has 1 amide bonds. The van der Waals surface area contributed by atoms with Gasteiger partial charge in [-0.25, -0.2) is 13.4 Å². The van der Waals surface area contributed by atoms with Crippen LogP contribution >= 0.6 is 11.8 Å². The second kappa shape index (κ2) is 10.5. The zero-order chi connectivity index (χ0) is 23.3. The number of benzene rings is 2. The van der Waals surface area contributed by atoms with Crippen molar-refractivity contribution in [2.45, 2.75) is 48.0 Å². The van der Waals surface area contributed by atoms with E-state index in [0.29, 0.717) is 25.3 Å². The van der Waals surface area contributed by atoms with Crippen LogP contribution in [-0.4, -0.2) is 46.5 Å². The van der Waals surface area contributed by atoms with Crippen LogP contribution in [0.15, 0.2) is 77.0 Å². The van der Waals surface area contributed by atoms with E-state index < -0.39 is 10.0 Å². The predicted molar refractivity (Wildman–Crippen MR) is 131 cm³/mol. The number of aromatic nitrogens is 2. The molecule has 1 fully saturated rings. The second-order valence-corrected chi connectivity index (χ2v) is 11.3. The van der Waals surface area contributed by atoms with Crippen LogP contribution in [0.3, 0.4) is 0 Å². The van der Waals surface area contributed by atoms with E-state index in [1.54, 1.807) is 34.8 Å². The van der Waals surface area contributed by atoms with Gasteiger partial charge >= 0.3 is 0 Å². The number of rotatable bonds is 8. The third kappa shape index (κ3) is 5.85. The van der Waals surface area contributed by atoms with E-state index in [9.17, 15) is 13.2 Å². The number of carbonyl (C=O) groups excluding carboxylic acids is 1. The van der Waals surface area contributed by atoms with Crippen LogP contribution in [0.5, 0.6) is 0 Å². The van der Waals surface area contributed by atoms with E-state index in [4.69, 9.17) is 0 Å². The summed E-state index contributed by atoms with van der Waals surface area (Å²) in [6.45, 7) is 3.65. The van der Waals surface area contributed by atoms with E-state index in [1.807, 2.05) is 35.9 Å². The minimum absolute atomic E-state index is 0.166. The molecule has 1 N–H and O–H groups in total. The number of anilines is 1. The van der Waals surface area contributed by atoms with E-state index in [0.717, 1.165) is 30.0 Å². The molecule has 1 aliphatic heterocycles. The first-order chi connectivity index (χ1) is 15.9. The van der Waals surface area contributed by atoms with Crippen LogP contribution in [-0.2, 0) is 21.4 Å². The largest absolute Gasteiger partial charge is 0.325 e. The van der Waals surface area contributed by atoms with Gasteiger partial charge in [-0.2, -0.15) is 4.31 Å². The molecule has 2 heterocycles. The highest BCUT2D eigenvalue weighted by atomic mass is 32.2. The molecule has 1 atom stereocenters. The lowest BCUT2D eigenvalue weighted by atomic mass is 10.2. The molecule has 1 saturated heterocycles. The van der Waals surface area contributed by atoms with Gasteiger partial charge in [-0.3, -0.25) is 4.79 Å². The van der Waals surface area contributed by atoms with Crippen molar-refractivity contribution < 1.29 is 13.2 Å². The second-order valence-electron chi connectivity index (χ2n) is 8.06. The molecule has 0 radical (unpaired) electrons. The Morgan fingerprint density at radius 2 is 1.76 bits per heavy atom. The van der Waals surface area contributed by atoms with Gasteiger partial charge in [0.25, 0.3) is 0 Å². The maximum absolute atomic E-state index is 12.8. The Morgan fingerprint density at radius 3 is 2.45 bits per heavy atom. The van der Waals surface area contributed by atoms with Crippen molar-refractivity contribution in [3.8, 4) is 0 Å². The fraction of sp³-hybridized carbons (Fsp3) is 0.333. The molecular weight excluding hydrogens is 456 g/mol. The molecule has 1 aromatic heterocycles. The molecule has 3 aromatic rings. The van der Waals surface area contributed by atoms with Crippen molar-refractivity contribution in [1.29, 1.82) is 0 Å². The third-order valence-electron chi connectivity index (χ3n) is 5.60. The summed E-state index contributed by atoms with van der Waals surface area (Å²) in [5.74, 6) is -0.166. The molecule has 0 spiro atoms. The topological polar surface area (TPSA) is 84.3 Å². The van der Waals surface area contributed by atoms with Crippen LogP contribution in [0.25, 0.3) is 0 Å². The van der Waals surface area contributed by atoms with Gasteiger partial charge < -0.3 is 9.88 Å². The highest BCUT2D eigenvalue weighted by Crippen LogP contribution is 2.25. The van der Waals surface area contributed by atoms with Gasteiger partial charge in [0.1, 0.15) is 0 Å². The summed E-state index contributed by atoms with van der Waals surface area (Å²) in [6.07, 6.45) is 6.50. The Hall–Kier alpha value is -2.62. The normalized spacial score (nSPS) is 15.8. The van der Waals surface area contributed by atoms with E-state index in [2.05, 4.69) is 22.4 Å². The average Bonchev–Trinajstić information content (AvgIpc) is 3.27. The third-order valence-corrected chi connectivity index (χ3v) is 8.63. The number of nitrogens with zero attached hydrogens (tertiary/aromatic N) is 3. The van der Waals surface area contributed by atoms with Gasteiger partial charge in [0.15, 0.2) is 5.16 Å². The molecule has 174 valence electrons. The van der Waals surface area contributed by atoms with E-state index in [-0.39, 0.29) is 16.1 Å². The number of sulfonamides is 1. The Bertz CT molecular complexity index is 1170. The van der Waals surface area contributed by atoms with Crippen LogP contribution < -0.4 is 5.32 Å². The summed E-state index contributed by atoms with van der Waals surface area (Å²) in [5.41, 5.74) is 1.73. The maximum atomic E-state index is 12.8. The first-order valence-electron chi connectivity index (χ1n) is 11.1. The molecule has 7 nitrogen and oxygen atoms in total. The van der Waals surface area contributed by atoms with E-state index in [1.165, 1.54) is 11.8 Å². The Balaban J connectivity index is 1.36. The number of imidazole rings is 1. The lowest BCUT2D eigenvalue weighted by Gasteiger charge is -2.25. The zero-order valence-corrected chi connectivity index (χ0v) is 20.2. The van der Waals surface area contributed by atoms with Gasteiger partial charge in [0, 0.05) is 37.7 Å². The smallest absolute Gasteiger partial charge is 0.243 e. The van der Waals surface area contributed by atoms with Gasteiger partial charge in [-0.05, 0) is 49.6 Å². The predicted octanol–water partition coefficient (Wildman–Crippen LogP) is 4.23. The molecule has 0 saturated carbocycles. The standard InChI is InChI=1S/C24H28N4O3S2/c1-19(32-24-25-14-17-27(24)18-20-8-4-2-5-9-20)23(29)26-21-10-12-22(13-11-21)33(30,31)28-15-6-3-7-16-28/h2,4-5,8-14,17,19H,3,6-7,15-16,18H2,1H3,(H,26,29). The molecule has 33 heavy (non-hydrogen) atoms. The van der Waals surface area contributed by atoms with Crippen molar-refractivity contribution in [2.24, 2.45) is 0 Å². The minimum atomic E-state index is -3.48. The van der Waals surface area contributed by atoms with E-state index >= 15 is 0 Å². The Morgan fingerprint density at radius 1 is 1.06 bits per heavy atom. The summed E-state index contributed by atoms with van der Waals surface area (Å²) in [6, 6.07) is 16.5. The number of nitrogens with one attached hydrogen (secondary N) is 1. The first-order valence-corrected chi connectivity index (χ1v) is 13.4. The van der Waals surface area contributed by atoms with Crippen molar-refractivity contribution in [2.75, 3.05) is 18.4 Å². The van der Waals surface area contributed by atoms with Gasteiger partial charge in [0.2, 0.25) is 15.9 Å². The number of piperidine rings is 1. The summed E-state index contributed by atoms with van der Waals surface area (Å²) < 4.78 is 29.2. The number of hydrogen-bond donors (Lipinski definition) is 1. The van der Waals surface area contributed by atoms with Crippen LogP contribution in [0.4, 0.5) is 5.69 Å². The highest BCUT2D eigenvalue weighted by Gasteiger charge is 2.26. The molecule has 1 unspecified atom stereocenters. The molecule has 2 aromatic carbocycles. The minimum Gasteiger partial charge on any atom is -0.325 e. The Kier molecular flexibility index (Phi) is 7.52. The Labute approximate surface area is 199 Å². The van der Waals surface area contributed by atoms with Crippen LogP contribution in [0, 0.1) is 0 Å². The summed E-state index contributed by atoms with van der Waals surface area (Å²) in [4.78, 5) is 17.4. The molecule has 9 heteroatoms. The summed E-state index contributed by atoms with van der Waals surface area (Å²) >= 11 is 1.39. The maximum Gasteiger partial charge on any atom is 0.243 e. The van der Waals surface area contributed by atoms with Gasteiger partial charge in [-0.1, -0.05) is 48.5 Å². The number of hydrogen-bond acceptors (Lipinski definition) is 5. The summed E-state index contributed by atoms with van der Waals surface area (Å²) in [7, 11) is -3.48. The monoisotopic (exact) mass is 484 g/mol.